The monoisotopic (exact) mass is 387 g/mol. The van der Waals surface area contributed by atoms with Crippen LogP contribution in [0.3, 0.4) is 0 Å². The maximum atomic E-state index is 12.4. The van der Waals surface area contributed by atoms with Gasteiger partial charge in [-0.25, -0.2) is 0 Å². The van der Waals surface area contributed by atoms with E-state index in [2.05, 4.69) is 10.6 Å². The second-order valence-electron chi connectivity index (χ2n) is 6.27. The first-order valence-electron chi connectivity index (χ1n) is 8.62. The summed E-state index contributed by atoms with van der Waals surface area (Å²) in [6.07, 6.45) is 3.38. The van der Waals surface area contributed by atoms with Gasteiger partial charge in [0.15, 0.2) is 0 Å². The Balaban J connectivity index is 0.00000312. The molecule has 0 radical (unpaired) electrons. The number of carbonyl (C=O) groups excluding carboxylic acids is 2. The van der Waals surface area contributed by atoms with Crippen LogP contribution in [0.2, 0.25) is 5.02 Å². The molecule has 1 saturated heterocycles. The Morgan fingerprint density at radius 2 is 2.04 bits per heavy atom. The molecule has 1 unspecified atom stereocenters. The molecule has 1 aromatic carbocycles. The molecule has 1 aliphatic heterocycles. The molecule has 1 aliphatic rings. The van der Waals surface area contributed by atoms with Gasteiger partial charge >= 0.3 is 0 Å². The van der Waals surface area contributed by atoms with Crippen LogP contribution in [0.5, 0.6) is 0 Å². The summed E-state index contributed by atoms with van der Waals surface area (Å²) in [5, 5.41) is 6.75. The van der Waals surface area contributed by atoms with Crippen molar-refractivity contribution in [3.8, 4) is 0 Å². The number of nitrogens with one attached hydrogen (secondary N) is 2. The van der Waals surface area contributed by atoms with E-state index in [1.807, 2.05) is 6.92 Å². The van der Waals surface area contributed by atoms with Crippen molar-refractivity contribution < 1.29 is 9.59 Å². The Labute approximate surface area is 160 Å². The summed E-state index contributed by atoms with van der Waals surface area (Å²) in [5.74, 6) is 0.469. The topological polar surface area (TPSA) is 61.4 Å². The van der Waals surface area contributed by atoms with Crippen LogP contribution < -0.4 is 10.6 Å². The van der Waals surface area contributed by atoms with Crippen LogP contribution in [0.25, 0.3) is 0 Å². The number of nitrogens with zero attached hydrogens (tertiary/aromatic N) is 1. The van der Waals surface area contributed by atoms with E-state index in [-0.39, 0.29) is 30.8 Å². The molecule has 1 aromatic rings. The van der Waals surface area contributed by atoms with Crippen LogP contribution in [0.1, 0.15) is 32.6 Å². The predicted molar refractivity (Wildman–Crippen MR) is 104 cm³/mol. The molecule has 0 saturated carbocycles. The fraction of sp³-hybridized carbons (Fsp3) is 0.556. The standard InChI is InChI=1S/C18H26ClN3O2.ClH/c1-2-11-22(18(24)8-3-14-9-10-20-12-14)13-17(23)21-16-6-4-15(19)5-7-16;/h4-7,14,20H,2-3,8-13H2,1H3,(H,21,23);1H. The van der Waals surface area contributed by atoms with E-state index in [1.165, 1.54) is 0 Å². The zero-order valence-corrected chi connectivity index (χ0v) is 16.2. The minimum absolute atomic E-state index is 0. The fourth-order valence-corrected chi connectivity index (χ4v) is 3.04. The molecule has 1 heterocycles. The van der Waals surface area contributed by atoms with Gasteiger partial charge < -0.3 is 15.5 Å². The summed E-state index contributed by atoms with van der Waals surface area (Å²) in [6, 6.07) is 6.95. The van der Waals surface area contributed by atoms with Crippen LogP contribution >= 0.6 is 24.0 Å². The van der Waals surface area contributed by atoms with Crippen molar-refractivity contribution in [1.29, 1.82) is 0 Å². The Hall–Kier alpha value is -1.30. The van der Waals surface area contributed by atoms with Crippen LogP contribution in [-0.4, -0.2) is 42.9 Å². The molecule has 0 bridgehead atoms. The molecule has 2 rings (SSSR count). The highest BCUT2D eigenvalue weighted by molar-refractivity contribution is 6.30. The lowest BCUT2D eigenvalue weighted by Gasteiger charge is -2.22. The molecule has 7 heteroatoms. The molecular formula is C18H27Cl2N3O2. The van der Waals surface area contributed by atoms with E-state index < -0.39 is 0 Å². The van der Waals surface area contributed by atoms with Crippen molar-refractivity contribution in [3.05, 3.63) is 29.3 Å². The minimum atomic E-state index is -0.179. The second kappa shape index (κ2) is 11.3. The van der Waals surface area contributed by atoms with Crippen LogP contribution in [0, 0.1) is 5.92 Å². The summed E-state index contributed by atoms with van der Waals surface area (Å²) in [4.78, 5) is 26.3. The highest BCUT2D eigenvalue weighted by Gasteiger charge is 2.20. The number of carbonyl (C=O) groups is 2. The van der Waals surface area contributed by atoms with Crippen LogP contribution in [0.4, 0.5) is 5.69 Å². The molecular weight excluding hydrogens is 361 g/mol. The van der Waals surface area contributed by atoms with E-state index in [1.54, 1.807) is 29.2 Å². The lowest BCUT2D eigenvalue weighted by Crippen LogP contribution is -2.38. The Morgan fingerprint density at radius 3 is 2.64 bits per heavy atom. The summed E-state index contributed by atoms with van der Waals surface area (Å²) >= 11 is 5.83. The first-order chi connectivity index (χ1) is 11.6. The van der Waals surface area contributed by atoms with Crippen LogP contribution in [0.15, 0.2) is 24.3 Å². The predicted octanol–water partition coefficient (Wildman–Crippen LogP) is 3.33. The summed E-state index contributed by atoms with van der Waals surface area (Å²) in [5.41, 5.74) is 0.685. The SMILES string of the molecule is CCCN(CC(=O)Nc1ccc(Cl)cc1)C(=O)CCC1CCNC1.Cl. The number of rotatable bonds is 8. The van der Waals surface area contributed by atoms with Gasteiger partial charge in [0, 0.05) is 23.7 Å². The Kier molecular flexibility index (Phi) is 9.86. The van der Waals surface area contributed by atoms with Crippen molar-refractivity contribution in [3.63, 3.8) is 0 Å². The van der Waals surface area contributed by atoms with E-state index >= 15 is 0 Å². The van der Waals surface area contributed by atoms with E-state index in [0.29, 0.717) is 29.6 Å². The lowest BCUT2D eigenvalue weighted by atomic mass is 10.0. The van der Waals surface area contributed by atoms with Crippen LogP contribution in [-0.2, 0) is 9.59 Å². The van der Waals surface area contributed by atoms with Crippen molar-refractivity contribution >= 4 is 41.5 Å². The number of hydrogen-bond acceptors (Lipinski definition) is 3. The summed E-state index contributed by atoms with van der Waals surface area (Å²) in [7, 11) is 0. The molecule has 1 atom stereocenters. The van der Waals surface area contributed by atoms with E-state index in [9.17, 15) is 9.59 Å². The third-order valence-corrected chi connectivity index (χ3v) is 4.49. The second-order valence-corrected chi connectivity index (χ2v) is 6.70. The van der Waals surface area contributed by atoms with Gasteiger partial charge in [-0.3, -0.25) is 9.59 Å². The maximum absolute atomic E-state index is 12.4. The largest absolute Gasteiger partial charge is 0.333 e. The highest BCUT2D eigenvalue weighted by atomic mass is 35.5. The molecule has 1 fully saturated rings. The molecule has 140 valence electrons. The third kappa shape index (κ3) is 7.63. The Morgan fingerprint density at radius 1 is 1.32 bits per heavy atom. The number of benzene rings is 1. The third-order valence-electron chi connectivity index (χ3n) is 4.24. The smallest absolute Gasteiger partial charge is 0.243 e. The molecule has 0 aliphatic carbocycles. The van der Waals surface area contributed by atoms with Gasteiger partial charge in [-0.1, -0.05) is 18.5 Å². The highest BCUT2D eigenvalue weighted by Crippen LogP contribution is 2.16. The number of halogens is 2. The van der Waals surface area contributed by atoms with Gasteiger partial charge in [0.1, 0.15) is 0 Å². The van der Waals surface area contributed by atoms with Crippen molar-refractivity contribution in [1.82, 2.24) is 10.2 Å². The molecule has 5 nitrogen and oxygen atoms in total. The first-order valence-corrected chi connectivity index (χ1v) is 9.00. The zero-order valence-electron chi connectivity index (χ0n) is 14.6. The minimum Gasteiger partial charge on any atom is -0.333 e. The van der Waals surface area contributed by atoms with Gasteiger partial charge in [-0.05, 0) is 62.5 Å². The summed E-state index contributed by atoms with van der Waals surface area (Å²) < 4.78 is 0. The number of hydrogen-bond donors (Lipinski definition) is 2. The fourth-order valence-electron chi connectivity index (χ4n) is 2.92. The zero-order chi connectivity index (χ0) is 17.4. The average Bonchev–Trinajstić information content (AvgIpc) is 3.08. The van der Waals surface area contributed by atoms with Crippen molar-refractivity contribution in [2.75, 3.05) is 31.5 Å². The van der Waals surface area contributed by atoms with E-state index in [0.717, 1.165) is 32.4 Å². The quantitative estimate of drug-likeness (QED) is 0.718. The molecule has 0 spiro atoms. The van der Waals surface area contributed by atoms with Crippen molar-refractivity contribution in [2.45, 2.75) is 32.6 Å². The molecule has 0 aromatic heterocycles. The van der Waals surface area contributed by atoms with Crippen molar-refractivity contribution in [2.24, 2.45) is 5.92 Å². The molecule has 2 N–H and O–H groups in total. The maximum Gasteiger partial charge on any atom is 0.243 e. The van der Waals surface area contributed by atoms with Gasteiger partial charge in [0.2, 0.25) is 11.8 Å². The van der Waals surface area contributed by atoms with E-state index in [4.69, 9.17) is 11.6 Å². The van der Waals surface area contributed by atoms with Gasteiger partial charge in [0.25, 0.3) is 0 Å². The summed E-state index contributed by atoms with van der Waals surface area (Å²) in [6.45, 7) is 4.76. The average molecular weight is 388 g/mol. The normalized spacial score (nSPS) is 16.2. The van der Waals surface area contributed by atoms with Gasteiger partial charge in [0.05, 0.1) is 6.54 Å². The first kappa shape index (κ1) is 21.7. The molecule has 25 heavy (non-hydrogen) atoms. The molecule has 2 amide bonds. The van der Waals surface area contributed by atoms with Gasteiger partial charge in [-0.15, -0.1) is 12.4 Å². The Bertz CT molecular complexity index is 546. The van der Waals surface area contributed by atoms with Gasteiger partial charge in [-0.2, -0.15) is 0 Å². The number of anilines is 1. The number of amides is 2. The lowest BCUT2D eigenvalue weighted by molar-refractivity contribution is -0.135.